The van der Waals surface area contributed by atoms with Crippen LogP contribution in [0.2, 0.25) is 0 Å². The van der Waals surface area contributed by atoms with E-state index in [1.165, 1.54) is 17.1 Å². The van der Waals surface area contributed by atoms with Crippen LogP contribution >= 0.6 is 0 Å². The molecule has 0 spiro atoms. The van der Waals surface area contributed by atoms with Gasteiger partial charge >= 0.3 is 0 Å². The Balaban J connectivity index is 1.62. The summed E-state index contributed by atoms with van der Waals surface area (Å²) in [5.41, 5.74) is 2.12. The van der Waals surface area contributed by atoms with Crippen molar-refractivity contribution in [2.45, 2.75) is 38.8 Å². The van der Waals surface area contributed by atoms with Crippen LogP contribution in [-0.4, -0.2) is 35.7 Å². The molecule has 1 unspecified atom stereocenters. The van der Waals surface area contributed by atoms with Crippen LogP contribution in [-0.2, 0) is 22.6 Å². The molecular weight excluding hydrogens is 373 g/mol. The van der Waals surface area contributed by atoms with E-state index in [9.17, 15) is 14.0 Å². The highest BCUT2D eigenvalue weighted by atomic mass is 19.1. The van der Waals surface area contributed by atoms with Crippen molar-refractivity contribution in [2.75, 3.05) is 7.11 Å². The second kappa shape index (κ2) is 9.32. The minimum absolute atomic E-state index is 0.111. The van der Waals surface area contributed by atoms with Gasteiger partial charge in [0, 0.05) is 18.9 Å². The first kappa shape index (κ1) is 20.5. The van der Waals surface area contributed by atoms with E-state index in [4.69, 9.17) is 4.74 Å². The molecule has 2 amide bonds. The number of nitrogens with zero attached hydrogens (tertiary/aromatic N) is 2. The SMILES string of the molecule is COc1cccc(CC(C)NC(=O)C2=NN(Cc3ccc(F)cc3)C(=O)CC2)c1. The van der Waals surface area contributed by atoms with Gasteiger partial charge in [-0.1, -0.05) is 24.3 Å². The molecule has 152 valence electrons. The smallest absolute Gasteiger partial charge is 0.267 e. The molecule has 0 fully saturated rings. The summed E-state index contributed by atoms with van der Waals surface area (Å²) < 4.78 is 18.3. The molecule has 0 aromatic heterocycles. The van der Waals surface area contributed by atoms with E-state index in [0.29, 0.717) is 18.6 Å². The topological polar surface area (TPSA) is 71.0 Å². The zero-order valence-corrected chi connectivity index (χ0v) is 16.5. The molecule has 0 aliphatic carbocycles. The maximum Gasteiger partial charge on any atom is 0.267 e. The van der Waals surface area contributed by atoms with Crippen molar-refractivity contribution in [2.24, 2.45) is 5.10 Å². The van der Waals surface area contributed by atoms with Gasteiger partial charge < -0.3 is 10.1 Å². The molecule has 29 heavy (non-hydrogen) atoms. The van der Waals surface area contributed by atoms with Crippen molar-refractivity contribution in [3.63, 3.8) is 0 Å². The number of halogens is 1. The summed E-state index contributed by atoms with van der Waals surface area (Å²) in [5.74, 6) is -0.00718. The molecular formula is C22H24FN3O3. The highest BCUT2D eigenvalue weighted by molar-refractivity contribution is 6.39. The first-order chi connectivity index (χ1) is 13.9. The van der Waals surface area contributed by atoms with Crippen molar-refractivity contribution in [3.8, 4) is 5.75 Å². The fraction of sp³-hybridized carbons (Fsp3) is 0.318. The Morgan fingerprint density at radius 2 is 1.97 bits per heavy atom. The Labute approximate surface area is 169 Å². The van der Waals surface area contributed by atoms with E-state index in [1.807, 2.05) is 31.2 Å². The predicted molar refractivity (Wildman–Crippen MR) is 108 cm³/mol. The summed E-state index contributed by atoms with van der Waals surface area (Å²) in [6.07, 6.45) is 1.17. The molecule has 0 saturated heterocycles. The predicted octanol–water partition coefficient (Wildman–Crippen LogP) is 3.06. The van der Waals surface area contributed by atoms with Gasteiger partial charge in [-0.25, -0.2) is 9.40 Å². The van der Waals surface area contributed by atoms with Crippen LogP contribution < -0.4 is 10.1 Å². The number of carbonyl (C=O) groups excluding carboxylic acids is 2. The van der Waals surface area contributed by atoms with Crippen LogP contribution in [0.3, 0.4) is 0 Å². The van der Waals surface area contributed by atoms with Gasteiger partial charge in [0.15, 0.2) is 0 Å². The molecule has 1 heterocycles. The maximum absolute atomic E-state index is 13.1. The first-order valence-corrected chi connectivity index (χ1v) is 9.50. The van der Waals surface area contributed by atoms with E-state index in [0.717, 1.165) is 16.9 Å². The third-order valence-electron chi connectivity index (χ3n) is 4.67. The minimum atomic E-state index is -0.340. The highest BCUT2D eigenvalue weighted by Crippen LogP contribution is 2.16. The van der Waals surface area contributed by atoms with Crippen molar-refractivity contribution < 1.29 is 18.7 Å². The molecule has 1 N–H and O–H groups in total. The van der Waals surface area contributed by atoms with E-state index in [1.54, 1.807) is 19.2 Å². The van der Waals surface area contributed by atoms with Crippen LogP contribution in [0.4, 0.5) is 4.39 Å². The molecule has 0 saturated carbocycles. The number of hydrogen-bond acceptors (Lipinski definition) is 4. The number of hydrogen-bond donors (Lipinski definition) is 1. The lowest BCUT2D eigenvalue weighted by Gasteiger charge is -2.24. The lowest BCUT2D eigenvalue weighted by molar-refractivity contribution is -0.132. The Bertz CT molecular complexity index is 912. The number of amides is 2. The largest absolute Gasteiger partial charge is 0.497 e. The third-order valence-corrected chi connectivity index (χ3v) is 4.67. The van der Waals surface area contributed by atoms with Crippen molar-refractivity contribution in [3.05, 3.63) is 65.5 Å². The van der Waals surface area contributed by atoms with Crippen molar-refractivity contribution >= 4 is 17.5 Å². The third kappa shape index (κ3) is 5.63. The molecule has 1 aliphatic heterocycles. The molecule has 3 rings (SSSR count). The van der Waals surface area contributed by atoms with Crippen LogP contribution in [0.5, 0.6) is 5.75 Å². The van der Waals surface area contributed by atoms with Crippen LogP contribution in [0.15, 0.2) is 53.6 Å². The van der Waals surface area contributed by atoms with E-state index in [2.05, 4.69) is 10.4 Å². The fourth-order valence-corrected chi connectivity index (χ4v) is 3.16. The van der Waals surface area contributed by atoms with Gasteiger partial charge in [-0.2, -0.15) is 5.10 Å². The van der Waals surface area contributed by atoms with Crippen molar-refractivity contribution in [1.82, 2.24) is 10.3 Å². The molecule has 2 aromatic carbocycles. The van der Waals surface area contributed by atoms with Gasteiger partial charge in [-0.05, 0) is 48.7 Å². The quantitative estimate of drug-likeness (QED) is 0.781. The minimum Gasteiger partial charge on any atom is -0.497 e. The zero-order valence-electron chi connectivity index (χ0n) is 16.5. The Kier molecular flexibility index (Phi) is 6.59. The second-order valence-corrected chi connectivity index (χ2v) is 7.05. The molecule has 2 aromatic rings. The van der Waals surface area contributed by atoms with E-state index in [-0.39, 0.29) is 36.6 Å². The van der Waals surface area contributed by atoms with Gasteiger partial charge in [0.05, 0.1) is 13.7 Å². The summed E-state index contributed by atoms with van der Waals surface area (Å²) >= 11 is 0. The molecule has 0 radical (unpaired) electrons. The number of hydrazone groups is 1. The molecule has 6 nitrogen and oxygen atoms in total. The van der Waals surface area contributed by atoms with E-state index >= 15 is 0 Å². The summed E-state index contributed by atoms with van der Waals surface area (Å²) in [6.45, 7) is 2.12. The average molecular weight is 397 g/mol. The standard InChI is InChI=1S/C22H24FN3O3/c1-15(12-17-4-3-5-19(13-17)29-2)24-22(28)20-10-11-21(27)26(25-20)14-16-6-8-18(23)9-7-16/h3-9,13,15H,10-12,14H2,1-2H3,(H,24,28). The Morgan fingerprint density at radius 1 is 1.21 bits per heavy atom. The zero-order chi connectivity index (χ0) is 20.8. The summed E-state index contributed by atoms with van der Waals surface area (Å²) in [5, 5.41) is 8.46. The Morgan fingerprint density at radius 3 is 2.69 bits per heavy atom. The molecule has 1 atom stereocenters. The van der Waals surface area contributed by atoms with Gasteiger partial charge in [0.1, 0.15) is 17.3 Å². The van der Waals surface area contributed by atoms with Crippen LogP contribution in [0.25, 0.3) is 0 Å². The molecule has 0 bridgehead atoms. The van der Waals surface area contributed by atoms with Crippen LogP contribution in [0.1, 0.15) is 30.9 Å². The van der Waals surface area contributed by atoms with E-state index < -0.39 is 0 Å². The average Bonchev–Trinajstić information content (AvgIpc) is 2.71. The fourth-order valence-electron chi connectivity index (χ4n) is 3.16. The maximum atomic E-state index is 13.1. The number of rotatable bonds is 7. The number of carbonyl (C=O) groups is 2. The van der Waals surface area contributed by atoms with Gasteiger partial charge in [-0.3, -0.25) is 9.59 Å². The molecule has 1 aliphatic rings. The summed E-state index contributed by atoms with van der Waals surface area (Å²) in [6, 6.07) is 13.5. The van der Waals surface area contributed by atoms with Crippen LogP contribution in [0, 0.1) is 5.82 Å². The highest BCUT2D eigenvalue weighted by Gasteiger charge is 2.25. The number of benzene rings is 2. The number of nitrogens with one attached hydrogen (secondary N) is 1. The number of ether oxygens (including phenoxy) is 1. The second-order valence-electron chi connectivity index (χ2n) is 7.05. The van der Waals surface area contributed by atoms with Gasteiger partial charge in [0.2, 0.25) is 5.91 Å². The number of methoxy groups -OCH3 is 1. The normalized spacial score (nSPS) is 14.9. The lowest BCUT2D eigenvalue weighted by atomic mass is 10.1. The monoisotopic (exact) mass is 397 g/mol. The molecule has 7 heteroatoms. The van der Waals surface area contributed by atoms with Crippen molar-refractivity contribution in [1.29, 1.82) is 0 Å². The summed E-state index contributed by atoms with van der Waals surface area (Å²) in [7, 11) is 1.62. The summed E-state index contributed by atoms with van der Waals surface area (Å²) in [4.78, 5) is 24.8. The lowest BCUT2D eigenvalue weighted by Crippen LogP contribution is -2.42. The van der Waals surface area contributed by atoms with Gasteiger partial charge in [-0.15, -0.1) is 0 Å². The Hall–Kier alpha value is -3.22. The van der Waals surface area contributed by atoms with Gasteiger partial charge in [0.25, 0.3) is 5.91 Å². The first-order valence-electron chi connectivity index (χ1n) is 9.50.